The fourth-order valence-corrected chi connectivity index (χ4v) is 4.09. The third-order valence-corrected chi connectivity index (χ3v) is 5.41. The number of nitrogens with zero attached hydrogens (tertiary/aromatic N) is 1. The zero-order valence-corrected chi connectivity index (χ0v) is 20.3. The second kappa shape index (κ2) is 10.0. The molecule has 2 atom stereocenters. The fraction of sp³-hybridized carbons (Fsp3) is 0.750. The van der Waals surface area contributed by atoms with Crippen LogP contribution in [-0.4, -0.2) is 58.0 Å². The van der Waals surface area contributed by atoms with E-state index in [1.807, 2.05) is 12.2 Å². The Kier molecular flexibility index (Phi) is 8.12. The fourth-order valence-electron chi connectivity index (χ4n) is 4.09. The monoisotopic (exact) mass is 450 g/mol. The van der Waals surface area contributed by atoms with Gasteiger partial charge >= 0.3 is 11.9 Å². The number of esters is 2. The van der Waals surface area contributed by atoms with Gasteiger partial charge in [0.1, 0.15) is 22.8 Å². The Balaban J connectivity index is 2.21. The number of hydrogen-bond donors (Lipinski definition) is 1. The summed E-state index contributed by atoms with van der Waals surface area (Å²) in [6.07, 6.45) is 6.54. The molecular weight excluding hydrogens is 412 g/mol. The average molecular weight is 451 g/mol. The molecule has 180 valence electrons. The molecule has 2 rings (SSSR count). The van der Waals surface area contributed by atoms with Gasteiger partial charge in [-0.1, -0.05) is 12.2 Å². The van der Waals surface area contributed by atoms with Crippen LogP contribution in [0.3, 0.4) is 0 Å². The summed E-state index contributed by atoms with van der Waals surface area (Å²) in [5.41, 5.74) is -2.40. The molecule has 0 bridgehead atoms. The quantitative estimate of drug-likeness (QED) is 0.493. The normalized spacial score (nSPS) is 23.4. The van der Waals surface area contributed by atoms with E-state index in [-0.39, 0.29) is 24.7 Å². The highest BCUT2D eigenvalue weighted by atomic mass is 16.6. The van der Waals surface area contributed by atoms with Crippen molar-refractivity contribution in [2.45, 2.75) is 109 Å². The maximum atomic E-state index is 13.5. The van der Waals surface area contributed by atoms with E-state index in [0.29, 0.717) is 32.2 Å². The van der Waals surface area contributed by atoms with Gasteiger partial charge in [-0.2, -0.15) is 0 Å². The molecule has 1 fully saturated rings. The first-order valence-electron chi connectivity index (χ1n) is 11.4. The summed E-state index contributed by atoms with van der Waals surface area (Å²) in [4.78, 5) is 52.9. The van der Waals surface area contributed by atoms with Crippen molar-refractivity contribution >= 4 is 23.8 Å². The molecule has 8 heteroatoms. The summed E-state index contributed by atoms with van der Waals surface area (Å²) in [5.74, 6) is -1.49. The molecule has 2 aliphatic rings. The van der Waals surface area contributed by atoms with E-state index in [0.717, 1.165) is 6.42 Å². The Bertz CT molecular complexity index is 761. The maximum Gasteiger partial charge on any atom is 0.329 e. The maximum absolute atomic E-state index is 13.5. The number of nitrogens with one attached hydrogen (secondary N) is 1. The third-order valence-electron chi connectivity index (χ3n) is 5.41. The first kappa shape index (κ1) is 25.9. The van der Waals surface area contributed by atoms with Gasteiger partial charge in [0, 0.05) is 19.4 Å². The van der Waals surface area contributed by atoms with E-state index in [4.69, 9.17) is 9.47 Å². The van der Waals surface area contributed by atoms with Crippen molar-refractivity contribution in [3.05, 3.63) is 12.2 Å². The summed E-state index contributed by atoms with van der Waals surface area (Å²) >= 11 is 0. The van der Waals surface area contributed by atoms with E-state index < -0.39 is 34.7 Å². The molecule has 2 heterocycles. The molecule has 2 aliphatic heterocycles. The largest absolute Gasteiger partial charge is 0.460 e. The molecule has 0 spiro atoms. The summed E-state index contributed by atoms with van der Waals surface area (Å²) in [6, 6.07) is -1.02. The van der Waals surface area contributed by atoms with Crippen LogP contribution in [0.25, 0.3) is 0 Å². The zero-order chi connectivity index (χ0) is 24.2. The van der Waals surface area contributed by atoms with Crippen LogP contribution in [0.1, 0.15) is 86.5 Å². The Morgan fingerprint density at radius 3 is 2.38 bits per heavy atom. The lowest BCUT2D eigenvalue weighted by Crippen LogP contribution is -2.60. The van der Waals surface area contributed by atoms with E-state index in [1.165, 1.54) is 0 Å². The number of amides is 2. The predicted octanol–water partition coefficient (Wildman–Crippen LogP) is 3.04. The van der Waals surface area contributed by atoms with Crippen LogP contribution in [0, 0.1) is 0 Å². The third kappa shape index (κ3) is 7.07. The van der Waals surface area contributed by atoms with Crippen LogP contribution in [0.2, 0.25) is 0 Å². The highest BCUT2D eigenvalue weighted by Gasteiger charge is 2.49. The van der Waals surface area contributed by atoms with Gasteiger partial charge in [0.05, 0.1) is 0 Å². The average Bonchev–Trinajstić information content (AvgIpc) is 3.04. The van der Waals surface area contributed by atoms with Gasteiger partial charge in [-0.05, 0) is 73.6 Å². The number of carbonyl (C=O) groups is 4. The van der Waals surface area contributed by atoms with E-state index >= 15 is 0 Å². The van der Waals surface area contributed by atoms with Crippen molar-refractivity contribution in [2.24, 2.45) is 0 Å². The Hall–Kier alpha value is -2.38. The molecule has 0 aromatic rings. The number of fused-ring (bicyclic) bond motifs is 1. The van der Waals surface area contributed by atoms with Crippen LogP contribution in [0.5, 0.6) is 0 Å². The lowest BCUT2D eigenvalue weighted by molar-refractivity contribution is -0.161. The van der Waals surface area contributed by atoms with Crippen LogP contribution in [0.4, 0.5) is 0 Å². The van der Waals surface area contributed by atoms with E-state index in [1.54, 1.807) is 46.4 Å². The molecule has 0 unspecified atom stereocenters. The van der Waals surface area contributed by atoms with Crippen LogP contribution in [-0.2, 0) is 28.7 Å². The van der Waals surface area contributed by atoms with Crippen molar-refractivity contribution < 1.29 is 28.7 Å². The van der Waals surface area contributed by atoms with Crippen molar-refractivity contribution in [3.8, 4) is 0 Å². The minimum atomic E-state index is -1.02. The molecule has 0 aromatic heterocycles. The van der Waals surface area contributed by atoms with Gasteiger partial charge < -0.3 is 19.7 Å². The zero-order valence-electron chi connectivity index (χ0n) is 20.3. The minimum Gasteiger partial charge on any atom is -0.460 e. The van der Waals surface area contributed by atoms with Gasteiger partial charge in [-0.25, -0.2) is 4.79 Å². The molecular formula is C24H38N2O6. The van der Waals surface area contributed by atoms with Gasteiger partial charge in [0.25, 0.3) is 0 Å². The van der Waals surface area contributed by atoms with Crippen LogP contribution in [0.15, 0.2) is 12.2 Å². The molecule has 0 radical (unpaired) electrons. The van der Waals surface area contributed by atoms with Gasteiger partial charge in [-0.15, -0.1) is 0 Å². The number of hydrogen-bond acceptors (Lipinski definition) is 6. The van der Waals surface area contributed by atoms with E-state index in [2.05, 4.69) is 5.32 Å². The molecule has 0 saturated carbocycles. The van der Waals surface area contributed by atoms with Crippen molar-refractivity contribution in [3.63, 3.8) is 0 Å². The lowest BCUT2D eigenvalue weighted by Gasteiger charge is -2.38. The molecule has 8 nitrogen and oxygen atoms in total. The highest BCUT2D eigenvalue weighted by molar-refractivity contribution is 5.95. The van der Waals surface area contributed by atoms with Crippen molar-refractivity contribution in [1.29, 1.82) is 0 Å². The van der Waals surface area contributed by atoms with Crippen molar-refractivity contribution in [2.75, 3.05) is 6.54 Å². The van der Waals surface area contributed by atoms with Crippen LogP contribution < -0.4 is 5.32 Å². The second-order valence-electron chi connectivity index (χ2n) is 10.6. The molecule has 0 aromatic carbocycles. The lowest BCUT2D eigenvalue weighted by atomic mass is 9.88. The van der Waals surface area contributed by atoms with Gasteiger partial charge in [-0.3, -0.25) is 14.4 Å². The predicted molar refractivity (Wildman–Crippen MR) is 120 cm³/mol. The smallest absolute Gasteiger partial charge is 0.329 e. The standard InChI is InChI=1S/C24H38N2O6/c1-22(2,3)31-19(28)13-12-17(20(29)32-23(4,5)6)25-21(30)24-14-9-7-8-11-18(27)26(24)16-10-15-24/h7,9,17H,8,10-16H2,1-6H3,(H,25,30)/b9-7-/t17-,24-/m0/s1. The number of allylic oxidation sites excluding steroid dienone is 1. The SMILES string of the molecule is CC(C)(C)OC(=O)CC[C@H](NC(=O)[C@@]12C/C=C\CCC(=O)N1CCC2)C(=O)OC(C)(C)C. The Labute approximate surface area is 191 Å². The molecule has 2 amide bonds. The highest BCUT2D eigenvalue weighted by Crippen LogP contribution is 2.35. The first-order valence-corrected chi connectivity index (χ1v) is 11.4. The first-order chi connectivity index (χ1) is 14.7. The van der Waals surface area contributed by atoms with Gasteiger partial charge in [0.15, 0.2) is 0 Å². The summed E-state index contributed by atoms with van der Waals surface area (Å²) in [6.45, 7) is 11.1. The molecule has 0 aliphatic carbocycles. The topological polar surface area (TPSA) is 102 Å². The minimum absolute atomic E-state index is 0.0446. The molecule has 32 heavy (non-hydrogen) atoms. The van der Waals surface area contributed by atoms with Crippen LogP contribution >= 0.6 is 0 Å². The number of ether oxygens (including phenoxy) is 2. The second-order valence-corrected chi connectivity index (χ2v) is 10.6. The summed E-state index contributed by atoms with van der Waals surface area (Å²) in [5, 5.41) is 2.81. The van der Waals surface area contributed by atoms with Gasteiger partial charge in [0.2, 0.25) is 11.8 Å². The summed E-state index contributed by atoms with van der Waals surface area (Å²) in [7, 11) is 0. The summed E-state index contributed by atoms with van der Waals surface area (Å²) < 4.78 is 10.8. The molecule has 1 N–H and O–H groups in total. The Morgan fingerprint density at radius 1 is 1.09 bits per heavy atom. The Morgan fingerprint density at radius 2 is 1.75 bits per heavy atom. The van der Waals surface area contributed by atoms with Crippen molar-refractivity contribution in [1.82, 2.24) is 10.2 Å². The number of rotatable bonds is 6. The molecule has 1 saturated heterocycles. The van der Waals surface area contributed by atoms with E-state index in [9.17, 15) is 19.2 Å². The number of carbonyl (C=O) groups excluding carboxylic acids is 4.